The number of sulfonamides is 1. The van der Waals surface area contributed by atoms with Crippen LogP contribution in [0.5, 0.6) is 0 Å². The molecule has 0 heterocycles. The van der Waals surface area contributed by atoms with Gasteiger partial charge in [-0.25, -0.2) is 13.1 Å². The summed E-state index contributed by atoms with van der Waals surface area (Å²) in [6, 6.07) is 4.96. The number of nitrogen functional groups attached to an aromatic ring is 1. The van der Waals surface area contributed by atoms with Crippen LogP contribution in [-0.2, 0) is 10.0 Å². The van der Waals surface area contributed by atoms with Crippen LogP contribution in [0.1, 0.15) is 38.2 Å². The average molecular weight is 282 g/mol. The predicted octanol–water partition coefficient (Wildman–Crippen LogP) is 2.43. The molecule has 0 aliphatic heterocycles. The highest BCUT2D eigenvalue weighted by atomic mass is 32.2. The van der Waals surface area contributed by atoms with Crippen molar-refractivity contribution < 1.29 is 8.42 Å². The standard InChI is InChI=1S/C14H22N2O2S/c1-10-5-3-4-6-13(10)16-19(17,18)14-8-7-12(15)9-11(14)2/h7-10,13,16H,3-6,15H2,1-2H3. The zero-order chi connectivity index (χ0) is 14.0. The minimum atomic E-state index is -3.45. The van der Waals surface area contributed by atoms with Gasteiger partial charge < -0.3 is 5.73 Å². The van der Waals surface area contributed by atoms with Crippen LogP contribution >= 0.6 is 0 Å². The third-order valence-electron chi connectivity index (χ3n) is 3.91. The van der Waals surface area contributed by atoms with E-state index in [4.69, 9.17) is 5.73 Å². The van der Waals surface area contributed by atoms with Gasteiger partial charge in [0.1, 0.15) is 0 Å². The van der Waals surface area contributed by atoms with Crippen LogP contribution in [0.15, 0.2) is 23.1 Å². The van der Waals surface area contributed by atoms with Crippen LogP contribution in [0.3, 0.4) is 0 Å². The fourth-order valence-corrected chi connectivity index (χ4v) is 4.33. The summed E-state index contributed by atoms with van der Waals surface area (Å²) in [5.41, 5.74) is 6.94. The van der Waals surface area contributed by atoms with Gasteiger partial charge in [0, 0.05) is 11.7 Å². The number of hydrogen-bond donors (Lipinski definition) is 2. The first-order valence-corrected chi connectivity index (χ1v) is 8.27. The number of nitrogens with two attached hydrogens (primary N) is 1. The maximum absolute atomic E-state index is 12.4. The van der Waals surface area contributed by atoms with Gasteiger partial charge in [0.05, 0.1) is 4.90 Å². The van der Waals surface area contributed by atoms with Gasteiger partial charge in [-0.2, -0.15) is 0 Å². The molecule has 0 radical (unpaired) electrons. The summed E-state index contributed by atoms with van der Waals surface area (Å²) in [5, 5.41) is 0. The summed E-state index contributed by atoms with van der Waals surface area (Å²) < 4.78 is 27.7. The van der Waals surface area contributed by atoms with Crippen LogP contribution in [0.4, 0.5) is 5.69 Å². The highest BCUT2D eigenvalue weighted by Crippen LogP contribution is 2.26. The summed E-state index contributed by atoms with van der Waals surface area (Å²) in [6.45, 7) is 3.89. The third-order valence-corrected chi connectivity index (χ3v) is 5.56. The zero-order valence-electron chi connectivity index (χ0n) is 11.5. The van der Waals surface area contributed by atoms with Crippen molar-refractivity contribution in [1.29, 1.82) is 0 Å². The molecule has 2 rings (SSSR count). The minimum Gasteiger partial charge on any atom is -0.399 e. The zero-order valence-corrected chi connectivity index (χ0v) is 12.3. The summed E-state index contributed by atoms with van der Waals surface area (Å²) in [6.07, 6.45) is 4.31. The Morgan fingerprint density at radius 2 is 1.95 bits per heavy atom. The average Bonchev–Trinajstić information content (AvgIpc) is 2.31. The maximum atomic E-state index is 12.4. The van der Waals surface area contributed by atoms with Crippen molar-refractivity contribution in [2.75, 3.05) is 5.73 Å². The molecule has 0 spiro atoms. The van der Waals surface area contributed by atoms with E-state index in [1.165, 1.54) is 6.42 Å². The molecule has 3 N–H and O–H groups in total. The molecule has 19 heavy (non-hydrogen) atoms. The lowest BCUT2D eigenvalue weighted by Crippen LogP contribution is -2.41. The van der Waals surface area contributed by atoms with E-state index >= 15 is 0 Å². The second kappa shape index (κ2) is 5.51. The number of nitrogens with one attached hydrogen (secondary N) is 1. The van der Waals surface area contributed by atoms with E-state index in [1.54, 1.807) is 25.1 Å². The lowest BCUT2D eigenvalue weighted by Gasteiger charge is -2.29. The molecule has 2 unspecified atom stereocenters. The molecule has 4 nitrogen and oxygen atoms in total. The van der Waals surface area contributed by atoms with E-state index in [1.807, 2.05) is 0 Å². The molecule has 1 saturated carbocycles. The SMILES string of the molecule is Cc1cc(N)ccc1S(=O)(=O)NC1CCCCC1C. The van der Waals surface area contributed by atoms with Crippen molar-refractivity contribution in [2.45, 2.75) is 50.5 Å². The van der Waals surface area contributed by atoms with E-state index in [-0.39, 0.29) is 6.04 Å². The molecule has 1 aliphatic carbocycles. The van der Waals surface area contributed by atoms with E-state index in [0.29, 0.717) is 22.1 Å². The molecule has 0 amide bonds. The molecule has 5 heteroatoms. The van der Waals surface area contributed by atoms with Gasteiger partial charge in [0.15, 0.2) is 0 Å². The highest BCUT2D eigenvalue weighted by Gasteiger charge is 2.27. The lowest BCUT2D eigenvalue weighted by molar-refractivity contribution is 0.310. The molecule has 1 aliphatic rings. The van der Waals surface area contributed by atoms with Gasteiger partial charge in [0.25, 0.3) is 0 Å². The summed E-state index contributed by atoms with van der Waals surface area (Å²) >= 11 is 0. The Bertz CT molecular complexity index is 555. The Labute approximate surface area is 115 Å². The molecule has 1 fully saturated rings. The van der Waals surface area contributed by atoms with Gasteiger partial charge >= 0.3 is 0 Å². The largest absolute Gasteiger partial charge is 0.399 e. The molecular weight excluding hydrogens is 260 g/mol. The van der Waals surface area contributed by atoms with E-state index < -0.39 is 10.0 Å². The topological polar surface area (TPSA) is 72.2 Å². The first-order valence-electron chi connectivity index (χ1n) is 6.78. The lowest BCUT2D eigenvalue weighted by atomic mass is 9.87. The Kier molecular flexibility index (Phi) is 4.16. The molecule has 1 aromatic carbocycles. The fraction of sp³-hybridized carbons (Fsp3) is 0.571. The molecule has 0 bridgehead atoms. The van der Waals surface area contributed by atoms with Crippen molar-refractivity contribution >= 4 is 15.7 Å². The van der Waals surface area contributed by atoms with Crippen molar-refractivity contribution in [3.05, 3.63) is 23.8 Å². The van der Waals surface area contributed by atoms with Crippen molar-refractivity contribution in [2.24, 2.45) is 5.92 Å². The van der Waals surface area contributed by atoms with E-state index in [9.17, 15) is 8.42 Å². The summed E-state index contributed by atoms with van der Waals surface area (Å²) in [7, 11) is -3.45. The van der Waals surface area contributed by atoms with Crippen molar-refractivity contribution in [3.8, 4) is 0 Å². The van der Waals surface area contributed by atoms with Crippen molar-refractivity contribution in [1.82, 2.24) is 4.72 Å². The van der Waals surface area contributed by atoms with Gasteiger partial charge in [-0.1, -0.05) is 19.8 Å². The van der Waals surface area contributed by atoms with Crippen LogP contribution in [0.25, 0.3) is 0 Å². The fourth-order valence-electron chi connectivity index (χ4n) is 2.73. The first kappa shape index (κ1) is 14.3. The molecule has 0 saturated heterocycles. The first-order chi connectivity index (χ1) is 8.90. The monoisotopic (exact) mass is 282 g/mol. The van der Waals surface area contributed by atoms with Gasteiger partial charge in [0.2, 0.25) is 10.0 Å². The Morgan fingerprint density at radius 1 is 1.26 bits per heavy atom. The van der Waals surface area contributed by atoms with Crippen LogP contribution < -0.4 is 10.5 Å². The molecule has 106 valence electrons. The van der Waals surface area contributed by atoms with Gasteiger partial charge in [-0.05, 0) is 49.4 Å². The molecular formula is C14H22N2O2S. The smallest absolute Gasteiger partial charge is 0.241 e. The summed E-state index contributed by atoms with van der Waals surface area (Å²) in [5.74, 6) is 0.401. The second-order valence-electron chi connectivity index (χ2n) is 5.51. The second-order valence-corrected chi connectivity index (χ2v) is 7.20. The highest BCUT2D eigenvalue weighted by molar-refractivity contribution is 7.89. The van der Waals surface area contributed by atoms with Gasteiger partial charge in [-0.15, -0.1) is 0 Å². The Hall–Kier alpha value is -1.07. The van der Waals surface area contributed by atoms with Crippen molar-refractivity contribution in [3.63, 3.8) is 0 Å². The van der Waals surface area contributed by atoms with Gasteiger partial charge in [-0.3, -0.25) is 0 Å². The molecule has 2 atom stereocenters. The molecule has 0 aromatic heterocycles. The Morgan fingerprint density at radius 3 is 2.58 bits per heavy atom. The van der Waals surface area contributed by atoms with Crippen LogP contribution in [0, 0.1) is 12.8 Å². The predicted molar refractivity (Wildman–Crippen MR) is 77.3 cm³/mol. The quantitative estimate of drug-likeness (QED) is 0.836. The third kappa shape index (κ3) is 3.28. The number of anilines is 1. The minimum absolute atomic E-state index is 0.0516. The van der Waals surface area contributed by atoms with E-state index in [2.05, 4.69) is 11.6 Å². The maximum Gasteiger partial charge on any atom is 0.241 e. The van der Waals surface area contributed by atoms with Crippen LogP contribution in [0.2, 0.25) is 0 Å². The number of hydrogen-bond acceptors (Lipinski definition) is 3. The number of rotatable bonds is 3. The number of aryl methyl sites for hydroxylation is 1. The van der Waals surface area contributed by atoms with Crippen LogP contribution in [-0.4, -0.2) is 14.5 Å². The summed E-state index contributed by atoms with van der Waals surface area (Å²) in [4.78, 5) is 0.333. The Balaban J connectivity index is 2.22. The normalized spacial score (nSPS) is 24.3. The molecule has 1 aromatic rings. The van der Waals surface area contributed by atoms with E-state index in [0.717, 1.165) is 19.3 Å². The number of benzene rings is 1.